The van der Waals surface area contributed by atoms with E-state index in [0.29, 0.717) is 21.8 Å². The first-order valence-corrected chi connectivity index (χ1v) is 8.70. The molecule has 0 amide bonds. The molecule has 10 heteroatoms. The molecule has 28 heavy (non-hydrogen) atoms. The average Bonchev–Trinajstić information content (AvgIpc) is 2.99. The minimum absolute atomic E-state index is 0.0143. The van der Waals surface area contributed by atoms with E-state index in [-0.39, 0.29) is 31.2 Å². The molecule has 0 radical (unpaired) electrons. The molecule has 0 aliphatic heterocycles. The molecule has 2 aromatic heterocycles. The van der Waals surface area contributed by atoms with Crippen molar-refractivity contribution in [3.63, 3.8) is 0 Å². The number of fused-ring (bicyclic) bond motifs is 1. The number of aromatic nitrogens is 3. The Morgan fingerprint density at radius 2 is 1.93 bits per heavy atom. The first-order chi connectivity index (χ1) is 13.3. The number of rotatable bonds is 6. The van der Waals surface area contributed by atoms with E-state index in [4.69, 9.17) is 21.4 Å². The van der Waals surface area contributed by atoms with Crippen molar-refractivity contribution in [2.75, 3.05) is 32.2 Å². The van der Waals surface area contributed by atoms with Crippen LogP contribution in [0, 0.1) is 0 Å². The number of nitrogens with zero attached hydrogens (tertiary/aromatic N) is 4. The van der Waals surface area contributed by atoms with Crippen LogP contribution in [0.15, 0.2) is 30.3 Å². The molecule has 0 spiro atoms. The first-order valence-electron chi connectivity index (χ1n) is 8.33. The molecule has 6 nitrogen and oxygen atoms in total. The van der Waals surface area contributed by atoms with E-state index in [0.717, 1.165) is 10.6 Å². The van der Waals surface area contributed by atoms with Crippen LogP contribution in [0.2, 0.25) is 5.02 Å². The van der Waals surface area contributed by atoms with Crippen LogP contribution in [-0.4, -0.2) is 47.0 Å². The number of likely N-dealkylation sites (N-methyl/N-ethyl adjacent to an activating group) is 1. The molecular formula is C18H18ClF3N4O2. The van der Waals surface area contributed by atoms with Crippen molar-refractivity contribution in [2.24, 2.45) is 0 Å². The number of aliphatic hydroxyl groups is 1. The van der Waals surface area contributed by atoms with Crippen LogP contribution in [0.4, 0.5) is 19.0 Å². The summed E-state index contributed by atoms with van der Waals surface area (Å²) in [5.74, 6) is 0.0768. The second-order valence-corrected chi connectivity index (χ2v) is 6.58. The van der Waals surface area contributed by atoms with Crippen LogP contribution < -0.4 is 4.90 Å². The third kappa shape index (κ3) is 3.91. The van der Waals surface area contributed by atoms with E-state index in [2.05, 4.69) is 10.1 Å². The number of alkyl halides is 3. The maximum Gasteiger partial charge on any atom is 0.433 e. The van der Waals surface area contributed by atoms with Crippen molar-refractivity contribution in [1.82, 2.24) is 14.6 Å². The largest absolute Gasteiger partial charge is 0.433 e. The summed E-state index contributed by atoms with van der Waals surface area (Å²) in [7, 11) is 3.00. The van der Waals surface area contributed by atoms with Gasteiger partial charge in [0, 0.05) is 31.8 Å². The lowest BCUT2D eigenvalue weighted by Gasteiger charge is -2.19. The quantitative estimate of drug-likeness (QED) is 0.667. The Morgan fingerprint density at radius 1 is 1.25 bits per heavy atom. The van der Waals surface area contributed by atoms with Gasteiger partial charge in [-0.05, 0) is 17.7 Å². The van der Waals surface area contributed by atoms with Gasteiger partial charge in [0.2, 0.25) is 0 Å². The standard InChI is InChI=1S/C18H18ClF3N4O2/c1-25(7-8-27)15-9-14(18(20,21)22)26-17(23-15)16(13(24-26)10-28-2)11-3-5-12(19)6-4-11/h3-6,9,27H,7-8,10H2,1-2H3. The van der Waals surface area contributed by atoms with Gasteiger partial charge < -0.3 is 14.7 Å². The Labute approximate surface area is 164 Å². The number of aliphatic hydroxyl groups excluding tert-OH is 1. The van der Waals surface area contributed by atoms with Gasteiger partial charge in [-0.25, -0.2) is 9.50 Å². The Balaban J connectivity index is 2.35. The molecular weight excluding hydrogens is 397 g/mol. The third-order valence-electron chi connectivity index (χ3n) is 4.18. The van der Waals surface area contributed by atoms with E-state index in [1.165, 1.54) is 12.0 Å². The normalized spacial score (nSPS) is 12.0. The predicted molar refractivity (Wildman–Crippen MR) is 99.5 cm³/mol. The maximum atomic E-state index is 13.7. The lowest BCUT2D eigenvalue weighted by molar-refractivity contribution is -0.142. The van der Waals surface area contributed by atoms with Gasteiger partial charge in [-0.2, -0.15) is 18.3 Å². The summed E-state index contributed by atoms with van der Waals surface area (Å²) in [4.78, 5) is 5.84. The lowest BCUT2D eigenvalue weighted by Crippen LogP contribution is -2.24. The number of hydrogen-bond acceptors (Lipinski definition) is 5. The summed E-state index contributed by atoms with van der Waals surface area (Å²) in [5.41, 5.74) is 0.459. The first kappa shape index (κ1) is 20.4. The molecule has 3 aromatic rings. The fourth-order valence-electron chi connectivity index (χ4n) is 2.86. The van der Waals surface area contributed by atoms with Crippen LogP contribution in [0.3, 0.4) is 0 Å². The topological polar surface area (TPSA) is 62.9 Å². The molecule has 0 saturated heterocycles. The number of benzene rings is 1. The second kappa shape index (κ2) is 7.94. The van der Waals surface area contributed by atoms with E-state index in [1.54, 1.807) is 31.3 Å². The highest BCUT2D eigenvalue weighted by Crippen LogP contribution is 2.36. The molecule has 0 aliphatic carbocycles. The van der Waals surface area contributed by atoms with Crippen molar-refractivity contribution >= 4 is 23.1 Å². The van der Waals surface area contributed by atoms with Crippen LogP contribution in [0.25, 0.3) is 16.8 Å². The van der Waals surface area contributed by atoms with Gasteiger partial charge in [-0.3, -0.25) is 0 Å². The van der Waals surface area contributed by atoms with Crippen LogP contribution in [0.1, 0.15) is 11.4 Å². The minimum Gasteiger partial charge on any atom is -0.395 e. The Morgan fingerprint density at radius 3 is 2.50 bits per heavy atom. The van der Waals surface area contributed by atoms with Crippen molar-refractivity contribution < 1.29 is 23.0 Å². The van der Waals surface area contributed by atoms with Crippen molar-refractivity contribution in [2.45, 2.75) is 12.8 Å². The lowest BCUT2D eigenvalue weighted by atomic mass is 10.1. The van der Waals surface area contributed by atoms with Gasteiger partial charge in [0.15, 0.2) is 11.3 Å². The van der Waals surface area contributed by atoms with Crippen LogP contribution in [-0.2, 0) is 17.5 Å². The van der Waals surface area contributed by atoms with Crippen LogP contribution in [0.5, 0.6) is 0 Å². The van der Waals surface area contributed by atoms with Gasteiger partial charge in [0.05, 0.1) is 24.5 Å². The summed E-state index contributed by atoms with van der Waals surface area (Å²) < 4.78 is 47.1. The summed E-state index contributed by atoms with van der Waals surface area (Å²) >= 11 is 5.94. The highest BCUT2D eigenvalue weighted by atomic mass is 35.5. The van der Waals surface area contributed by atoms with Crippen LogP contribution >= 0.6 is 11.6 Å². The molecule has 0 saturated carbocycles. The Kier molecular flexibility index (Phi) is 5.78. The number of halogens is 4. The monoisotopic (exact) mass is 414 g/mol. The zero-order chi connectivity index (χ0) is 20.5. The number of ether oxygens (including phenoxy) is 1. The number of anilines is 1. The zero-order valence-corrected chi connectivity index (χ0v) is 15.9. The van der Waals surface area contributed by atoms with Crippen molar-refractivity contribution in [3.05, 3.63) is 46.7 Å². The second-order valence-electron chi connectivity index (χ2n) is 6.14. The third-order valence-corrected chi connectivity index (χ3v) is 4.43. The molecule has 3 rings (SSSR count). The van der Waals surface area contributed by atoms with Gasteiger partial charge >= 0.3 is 6.18 Å². The molecule has 0 atom stereocenters. The number of methoxy groups -OCH3 is 1. The van der Waals surface area contributed by atoms with E-state index in [9.17, 15) is 13.2 Å². The van der Waals surface area contributed by atoms with Gasteiger partial charge in [0.1, 0.15) is 5.82 Å². The SMILES string of the molecule is COCc1nn2c(C(F)(F)F)cc(N(C)CCO)nc2c1-c1ccc(Cl)cc1. The zero-order valence-electron chi connectivity index (χ0n) is 15.2. The summed E-state index contributed by atoms with van der Waals surface area (Å²) in [6.07, 6.45) is -4.65. The molecule has 0 bridgehead atoms. The molecule has 150 valence electrons. The van der Waals surface area contributed by atoms with Crippen molar-refractivity contribution in [3.8, 4) is 11.1 Å². The molecule has 0 aliphatic rings. The summed E-state index contributed by atoms with van der Waals surface area (Å²) in [6.45, 7) is -0.0703. The molecule has 1 N–H and O–H groups in total. The highest BCUT2D eigenvalue weighted by Gasteiger charge is 2.36. The van der Waals surface area contributed by atoms with E-state index in [1.807, 2.05) is 0 Å². The van der Waals surface area contributed by atoms with Gasteiger partial charge in [0.25, 0.3) is 0 Å². The molecule has 0 unspecified atom stereocenters. The summed E-state index contributed by atoms with van der Waals surface area (Å²) in [6, 6.07) is 7.58. The highest BCUT2D eigenvalue weighted by molar-refractivity contribution is 6.30. The average molecular weight is 415 g/mol. The summed E-state index contributed by atoms with van der Waals surface area (Å²) in [5, 5.41) is 13.8. The minimum atomic E-state index is -4.65. The smallest absolute Gasteiger partial charge is 0.395 e. The molecule has 0 fully saturated rings. The number of hydrogen-bond donors (Lipinski definition) is 1. The fraction of sp³-hybridized carbons (Fsp3) is 0.333. The Hall–Kier alpha value is -2.36. The fourth-order valence-corrected chi connectivity index (χ4v) is 2.99. The van der Waals surface area contributed by atoms with E-state index >= 15 is 0 Å². The van der Waals surface area contributed by atoms with Crippen molar-refractivity contribution in [1.29, 1.82) is 0 Å². The molecule has 1 aromatic carbocycles. The predicted octanol–water partition coefficient (Wildman–Crippen LogP) is 3.64. The van der Waals surface area contributed by atoms with E-state index < -0.39 is 11.9 Å². The molecule has 2 heterocycles. The van der Waals surface area contributed by atoms with Gasteiger partial charge in [-0.1, -0.05) is 23.7 Å². The maximum absolute atomic E-state index is 13.7. The Bertz CT molecular complexity index is 974. The van der Waals surface area contributed by atoms with Gasteiger partial charge in [-0.15, -0.1) is 0 Å².